The van der Waals surface area contributed by atoms with Crippen molar-refractivity contribution in [3.63, 3.8) is 0 Å². The van der Waals surface area contributed by atoms with E-state index < -0.39 is 10.0 Å². The Morgan fingerprint density at radius 1 is 1.35 bits per heavy atom. The summed E-state index contributed by atoms with van der Waals surface area (Å²) in [7, 11) is -3.70. The third-order valence-electron chi connectivity index (χ3n) is 4.58. The maximum atomic E-state index is 12.5. The Hall–Kier alpha value is -1.93. The van der Waals surface area contributed by atoms with Crippen LogP contribution in [-0.2, 0) is 26.0 Å². The molecule has 144 valence electrons. The highest BCUT2D eigenvalue weighted by atomic mass is 32.2. The molecule has 1 aliphatic heterocycles. The largest absolute Gasteiger partial charge is 0.354 e. The van der Waals surface area contributed by atoms with Crippen molar-refractivity contribution in [2.45, 2.75) is 63.9 Å². The van der Waals surface area contributed by atoms with Crippen molar-refractivity contribution >= 4 is 27.5 Å². The summed E-state index contributed by atoms with van der Waals surface area (Å²) in [5.74, 6) is -0.237. The molecule has 1 heterocycles. The van der Waals surface area contributed by atoms with E-state index in [1.807, 2.05) is 20.8 Å². The molecule has 0 radical (unpaired) electrons. The number of carbonyl (C=O) groups excluding carboxylic acids is 2. The monoisotopic (exact) mass is 381 g/mol. The van der Waals surface area contributed by atoms with Crippen molar-refractivity contribution in [1.29, 1.82) is 0 Å². The molecule has 0 bridgehead atoms. The number of nitrogens with zero attached hydrogens (tertiary/aromatic N) is 1. The lowest BCUT2D eigenvalue weighted by molar-refractivity contribution is -0.121. The highest BCUT2D eigenvalue weighted by molar-refractivity contribution is 7.89. The molecule has 2 amide bonds. The number of carbonyl (C=O) groups is 2. The second-order valence-corrected chi connectivity index (χ2v) is 8.52. The van der Waals surface area contributed by atoms with Gasteiger partial charge in [-0.05, 0) is 50.5 Å². The Bertz CT molecular complexity index is 792. The molecule has 0 aromatic heterocycles. The number of hydrogen-bond donors (Lipinski definition) is 2. The lowest BCUT2D eigenvalue weighted by atomic mass is 10.1. The first kappa shape index (κ1) is 20.4. The van der Waals surface area contributed by atoms with E-state index in [1.165, 1.54) is 13.0 Å². The molecular formula is C18H27N3O4S. The molecule has 1 aromatic rings. The van der Waals surface area contributed by atoms with E-state index in [0.717, 1.165) is 17.7 Å². The van der Waals surface area contributed by atoms with Gasteiger partial charge in [0.05, 0.1) is 4.90 Å². The summed E-state index contributed by atoms with van der Waals surface area (Å²) in [6.45, 7) is 7.34. The van der Waals surface area contributed by atoms with Crippen LogP contribution in [0, 0.1) is 0 Å². The highest BCUT2D eigenvalue weighted by Gasteiger charge is 2.30. The van der Waals surface area contributed by atoms with Gasteiger partial charge in [-0.3, -0.25) is 9.59 Å². The van der Waals surface area contributed by atoms with Crippen molar-refractivity contribution in [2.24, 2.45) is 0 Å². The molecule has 1 aliphatic rings. The first-order valence-corrected chi connectivity index (χ1v) is 10.4. The number of fused-ring (bicyclic) bond motifs is 1. The van der Waals surface area contributed by atoms with Crippen LogP contribution in [0.2, 0.25) is 0 Å². The molecule has 2 atom stereocenters. The number of sulfonamides is 1. The summed E-state index contributed by atoms with van der Waals surface area (Å²) in [6.07, 6.45) is 1.53. The molecule has 0 saturated carbocycles. The first-order valence-electron chi connectivity index (χ1n) is 8.87. The molecular weight excluding hydrogens is 354 g/mol. The molecule has 2 rings (SSSR count). The summed E-state index contributed by atoms with van der Waals surface area (Å²) >= 11 is 0. The average Bonchev–Trinajstić information content (AvgIpc) is 2.89. The predicted octanol–water partition coefficient (Wildman–Crippen LogP) is 1.57. The van der Waals surface area contributed by atoms with E-state index in [9.17, 15) is 18.0 Å². The molecule has 2 N–H and O–H groups in total. The summed E-state index contributed by atoms with van der Waals surface area (Å²) in [5.41, 5.74) is 1.60. The Morgan fingerprint density at radius 2 is 2.04 bits per heavy atom. The zero-order valence-corrected chi connectivity index (χ0v) is 16.5. The molecule has 2 unspecified atom stereocenters. The maximum Gasteiger partial charge on any atom is 0.240 e. The second-order valence-electron chi connectivity index (χ2n) is 6.76. The first-order chi connectivity index (χ1) is 12.2. The van der Waals surface area contributed by atoms with Crippen LogP contribution in [0.1, 0.15) is 46.1 Å². The van der Waals surface area contributed by atoms with E-state index in [-0.39, 0.29) is 41.8 Å². The number of nitrogens with one attached hydrogen (secondary N) is 2. The molecule has 0 saturated heterocycles. The van der Waals surface area contributed by atoms with E-state index in [2.05, 4.69) is 10.0 Å². The van der Waals surface area contributed by atoms with Gasteiger partial charge in [-0.15, -0.1) is 0 Å². The van der Waals surface area contributed by atoms with Crippen LogP contribution in [0.5, 0.6) is 0 Å². The minimum atomic E-state index is -3.70. The normalized spacial score (nSPS) is 17.7. The minimum Gasteiger partial charge on any atom is -0.354 e. The fraction of sp³-hybridized carbons (Fsp3) is 0.556. The van der Waals surface area contributed by atoms with Crippen LogP contribution in [0.3, 0.4) is 0 Å². The summed E-state index contributed by atoms with van der Waals surface area (Å²) in [5, 5.41) is 2.80. The highest BCUT2D eigenvalue weighted by Crippen LogP contribution is 2.33. The van der Waals surface area contributed by atoms with Gasteiger partial charge in [-0.25, -0.2) is 13.1 Å². The standard InChI is InChI=1S/C18H27N3O4S/c1-5-12(2)20-18(23)8-9-19-26(24,25)16-6-7-17-15(11-16)10-13(3)21(17)14(4)22/h6-7,11-13,19H,5,8-10H2,1-4H3,(H,20,23). The summed E-state index contributed by atoms with van der Waals surface area (Å²) < 4.78 is 27.4. The van der Waals surface area contributed by atoms with E-state index in [0.29, 0.717) is 6.42 Å². The van der Waals surface area contributed by atoms with Gasteiger partial charge >= 0.3 is 0 Å². The Balaban J connectivity index is 2.03. The molecule has 8 heteroatoms. The third kappa shape index (κ3) is 4.62. The van der Waals surface area contributed by atoms with Crippen molar-refractivity contribution in [2.75, 3.05) is 11.4 Å². The van der Waals surface area contributed by atoms with Gasteiger partial charge in [-0.1, -0.05) is 6.92 Å². The van der Waals surface area contributed by atoms with Crippen LogP contribution in [0.25, 0.3) is 0 Å². The van der Waals surface area contributed by atoms with Crippen molar-refractivity contribution in [3.05, 3.63) is 23.8 Å². The van der Waals surface area contributed by atoms with E-state index in [4.69, 9.17) is 0 Å². The van der Waals surface area contributed by atoms with Crippen LogP contribution >= 0.6 is 0 Å². The van der Waals surface area contributed by atoms with Crippen LogP contribution in [0.15, 0.2) is 23.1 Å². The van der Waals surface area contributed by atoms with Crippen molar-refractivity contribution in [1.82, 2.24) is 10.0 Å². The van der Waals surface area contributed by atoms with Gasteiger partial charge in [-0.2, -0.15) is 0 Å². The number of benzene rings is 1. The van der Waals surface area contributed by atoms with Gasteiger partial charge in [0.15, 0.2) is 0 Å². The zero-order valence-electron chi connectivity index (χ0n) is 15.7. The van der Waals surface area contributed by atoms with Crippen LogP contribution in [0.4, 0.5) is 5.69 Å². The summed E-state index contributed by atoms with van der Waals surface area (Å²) in [4.78, 5) is 25.3. The van der Waals surface area contributed by atoms with E-state index in [1.54, 1.807) is 17.0 Å². The number of rotatable bonds is 7. The smallest absolute Gasteiger partial charge is 0.240 e. The maximum absolute atomic E-state index is 12.5. The zero-order chi connectivity index (χ0) is 19.5. The van der Waals surface area contributed by atoms with Gasteiger partial charge in [0, 0.05) is 37.7 Å². The Labute approximate surface area is 155 Å². The SMILES string of the molecule is CCC(C)NC(=O)CCNS(=O)(=O)c1ccc2c(c1)CC(C)N2C(C)=O. The number of amides is 2. The summed E-state index contributed by atoms with van der Waals surface area (Å²) in [6, 6.07) is 4.86. The molecule has 26 heavy (non-hydrogen) atoms. The lowest BCUT2D eigenvalue weighted by Crippen LogP contribution is -2.35. The van der Waals surface area contributed by atoms with Crippen LogP contribution < -0.4 is 14.9 Å². The van der Waals surface area contributed by atoms with Crippen molar-refractivity contribution < 1.29 is 18.0 Å². The number of hydrogen-bond acceptors (Lipinski definition) is 4. The quantitative estimate of drug-likeness (QED) is 0.749. The lowest BCUT2D eigenvalue weighted by Gasteiger charge is -2.20. The van der Waals surface area contributed by atoms with Crippen LogP contribution in [-0.4, -0.2) is 38.9 Å². The molecule has 0 fully saturated rings. The molecule has 1 aromatic carbocycles. The molecule has 0 aliphatic carbocycles. The Kier molecular flexibility index (Phi) is 6.41. The Morgan fingerprint density at radius 3 is 2.65 bits per heavy atom. The topological polar surface area (TPSA) is 95.6 Å². The molecule has 0 spiro atoms. The third-order valence-corrected chi connectivity index (χ3v) is 6.04. The van der Waals surface area contributed by atoms with E-state index >= 15 is 0 Å². The second kappa shape index (κ2) is 8.18. The van der Waals surface area contributed by atoms with Gasteiger partial charge in [0.1, 0.15) is 0 Å². The van der Waals surface area contributed by atoms with Gasteiger partial charge < -0.3 is 10.2 Å². The molecule has 7 nitrogen and oxygen atoms in total. The van der Waals surface area contributed by atoms with Gasteiger partial charge in [0.25, 0.3) is 0 Å². The number of anilines is 1. The fourth-order valence-corrected chi connectivity index (χ4v) is 4.17. The van der Waals surface area contributed by atoms with Crippen molar-refractivity contribution in [3.8, 4) is 0 Å². The predicted molar refractivity (Wildman–Crippen MR) is 100 cm³/mol. The van der Waals surface area contributed by atoms with Gasteiger partial charge in [0.2, 0.25) is 21.8 Å². The fourth-order valence-electron chi connectivity index (χ4n) is 3.09. The average molecular weight is 381 g/mol. The minimum absolute atomic E-state index is 0.0117.